The van der Waals surface area contributed by atoms with Gasteiger partial charge in [0.1, 0.15) is 6.07 Å². The number of fused-ring (bicyclic) bond motifs is 1. The SMILES string of the molecule is Cn1nc(N2CCC(=O)NC2=O)c2ccc(C3CCN(CC4CCN(c5cc(S(=O)(=O)N6CCC(Nc7ncc(Cl)cn7)CC6)ccc5C#N)CC4)CC3)cc21. The number of hydrogen-bond acceptors (Lipinski definition) is 11. The molecule has 4 aliphatic heterocycles. The first kappa shape index (κ1) is 38.1. The second-order valence-corrected chi connectivity index (χ2v) is 17.7. The zero-order chi connectivity index (χ0) is 39.0. The van der Waals surface area contributed by atoms with Gasteiger partial charge in [-0.25, -0.2) is 23.2 Å². The molecule has 4 aliphatic rings. The van der Waals surface area contributed by atoms with E-state index in [0.717, 1.165) is 69.3 Å². The van der Waals surface area contributed by atoms with Gasteiger partial charge < -0.3 is 15.1 Å². The number of likely N-dealkylation sites (tertiary alicyclic amines) is 1. The van der Waals surface area contributed by atoms with Crippen molar-refractivity contribution in [3.8, 4) is 6.07 Å². The van der Waals surface area contributed by atoms with Crippen LogP contribution in [0.25, 0.3) is 10.9 Å². The molecular weight excluding hydrogens is 754 g/mol. The Labute approximate surface area is 331 Å². The van der Waals surface area contributed by atoms with Gasteiger partial charge in [-0.05, 0) is 99.3 Å². The number of sulfonamides is 1. The molecule has 0 spiro atoms. The Morgan fingerprint density at radius 1 is 0.929 bits per heavy atom. The van der Waals surface area contributed by atoms with E-state index in [2.05, 4.69) is 59.8 Å². The Kier molecular flexibility index (Phi) is 10.9. The number of hydrogen-bond donors (Lipinski definition) is 2. The highest BCUT2D eigenvalue weighted by atomic mass is 35.5. The van der Waals surface area contributed by atoms with Crippen LogP contribution >= 0.6 is 11.6 Å². The summed E-state index contributed by atoms with van der Waals surface area (Å²) in [4.78, 5) is 39.1. The molecule has 3 amide bonds. The predicted molar refractivity (Wildman–Crippen MR) is 213 cm³/mol. The fourth-order valence-corrected chi connectivity index (χ4v) is 10.2. The third kappa shape index (κ3) is 7.90. The topological polar surface area (TPSA) is 173 Å². The summed E-state index contributed by atoms with van der Waals surface area (Å²) in [6, 6.07) is 13.2. The van der Waals surface area contributed by atoms with Crippen LogP contribution in [0.1, 0.15) is 62.0 Å². The Balaban J connectivity index is 0.836. The van der Waals surface area contributed by atoms with E-state index in [1.807, 2.05) is 11.7 Å². The van der Waals surface area contributed by atoms with Gasteiger partial charge in [0, 0.05) is 64.2 Å². The van der Waals surface area contributed by atoms with Crippen LogP contribution in [0.15, 0.2) is 53.7 Å². The Morgan fingerprint density at radius 3 is 2.36 bits per heavy atom. The number of halogens is 1. The highest BCUT2D eigenvalue weighted by Crippen LogP contribution is 2.35. The number of anilines is 3. The molecule has 15 nitrogen and oxygen atoms in total. The number of aryl methyl sites for hydroxylation is 1. The van der Waals surface area contributed by atoms with Crippen molar-refractivity contribution in [2.75, 3.05) is 67.5 Å². The summed E-state index contributed by atoms with van der Waals surface area (Å²) in [5.41, 5.74) is 3.43. The summed E-state index contributed by atoms with van der Waals surface area (Å²) < 4.78 is 30.9. The second-order valence-electron chi connectivity index (χ2n) is 15.3. The molecule has 17 heteroatoms. The molecule has 4 fully saturated rings. The van der Waals surface area contributed by atoms with E-state index in [1.54, 1.807) is 23.1 Å². The molecule has 4 aromatic rings. The molecule has 6 heterocycles. The van der Waals surface area contributed by atoms with Crippen LogP contribution in [0.4, 0.5) is 22.2 Å². The van der Waals surface area contributed by atoms with E-state index in [1.165, 1.54) is 22.3 Å². The first-order valence-corrected chi connectivity index (χ1v) is 21.2. The summed E-state index contributed by atoms with van der Waals surface area (Å²) >= 11 is 5.90. The van der Waals surface area contributed by atoms with Crippen molar-refractivity contribution in [2.24, 2.45) is 13.0 Å². The van der Waals surface area contributed by atoms with Gasteiger partial charge in [-0.2, -0.15) is 14.7 Å². The first-order valence-electron chi connectivity index (χ1n) is 19.4. The minimum absolute atomic E-state index is 0.0523. The van der Waals surface area contributed by atoms with Crippen LogP contribution in [0, 0.1) is 17.2 Å². The molecule has 56 heavy (non-hydrogen) atoms. The molecule has 2 N–H and O–H groups in total. The predicted octanol–water partition coefficient (Wildman–Crippen LogP) is 4.70. The molecule has 294 valence electrons. The molecule has 0 saturated carbocycles. The van der Waals surface area contributed by atoms with Crippen LogP contribution in [0.5, 0.6) is 0 Å². The molecular formula is C39H46ClN11O4S. The summed E-state index contributed by atoms with van der Waals surface area (Å²) in [6.45, 7) is 5.66. The van der Waals surface area contributed by atoms with Crippen molar-refractivity contribution in [3.05, 3.63) is 64.9 Å². The van der Waals surface area contributed by atoms with E-state index in [0.29, 0.717) is 72.4 Å². The molecule has 0 radical (unpaired) electrons. The third-order valence-electron chi connectivity index (χ3n) is 11.8. The van der Waals surface area contributed by atoms with Gasteiger partial charge >= 0.3 is 6.03 Å². The molecule has 4 saturated heterocycles. The zero-order valence-corrected chi connectivity index (χ0v) is 33.0. The number of nitrogens with one attached hydrogen (secondary N) is 2. The van der Waals surface area contributed by atoms with Crippen molar-refractivity contribution in [3.63, 3.8) is 0 Å². The van der Waals surface area contributed by atoms with E-state index in [9.17, 15) is 23.3 Å². The fourth-order valence-electron chi connectivity index (χ4n) is 8.63. The first-order chi connectivity index (χ1) is 27.0. The molecule has 0 aliphatic carbocycles. The number of carbonyl (C=O) groups is 2. The van der Waals surface area contributed by atoms with E-state index >= 15 is 0 Å². The fraction of sp³-hybridized carbons (Fsp3) is 0.487. The highest BCUT2D eigenvalue weighted by Gasteiger charge is 2.33. The van der Waals surface area contributed by atoms with Gasteiger partial charge in [0.05, 0.1) is 39.1 Å². The summed E-state index contributed by atoms with van der Waals surface area (Å²) in [6.07, 6.45) is 8.62. The number of nitriles is 1. The van der Waals surface area contributed by atoms with E-state index in [-0.39, 0.29) is 23.3 Å². The van der Waals surface area contributed by atoms with Gasteiger partial charge in [0.15, 0.2) is 5.82 Å². The highest BCUT2D eigenvalue weighted by molar-refractivity contribution is 7.89. The largest absolute Gasteiger partial charge is 0.370 e. The number of amides is 3. The maximum Gasteiger partial charge on any atom is 0.329 e. The van der Waals surface area contributed by atoms with E-state index < -0.39 is 16.1 Å². The van der Waals surface area contributed by atoms with Gasteiger partial charge in [0.25, 0.3) is 0 Å². The zero-order valence-electron chi connectivity index (χ0n) is 31.4. The molecule has 2 aromatic heterocycles. The van der Waals surface area contributed by atoms with Crippen LogP contribution < -0.4 is 20.4 Å². The number of benzene rings is 2. The van der Waals surface area contributed by atoms with Crippen molar-refractivity contribution < 1.29 is 18.0 Å². The number of rotatable bonds is 9. The molecule has 0 atom stereocenters. The summed E-state index contributed by atoms with van der Waals surface area (Å²) in [5.74, 6) is 1.75. The lowest BCUT2D eigenvalue weighted by atomic mass is 9.88. The lowest BCUT2D eigenvalue weighted by molar-refractivity contribution is -0.120. The van der Waals surface area contributed by atoms with Crippen LogP contribution in [-0.4, -0.2) is 108 Å². The molecule has 2 aromatic carbocycles. The smallest absolute Gasteiger partial charge is 0.329 e. The Hall–Kier alpha value is -4.82. The minimum Gasteiger partial charge on any atom is -0.370 e. The second kappa shape index (κ2) is 16.0. The molecule has 0 bridgehead atoms. The number of carbonyl (C=O) groups excluding carboxylic acids is 2. The quantitative estimate of drug-likeness (QED) is 0.241. The lowest BCUT2D eigenvalue weighted by Crippen LogP contribution is -2.49. The average molecular weight is 800 g/mol. The normalized spacial score (nSPS) is 20.0. The van der Waals surface area contributed by atoms with E-state index in [4.69, 9.17) is 11.6 Å². The Bertz CT molecular complexity index is 2250. The monoisotopic (exact) mass is 799 g/mol. The van der Waals surface area contributed by atoms with Crippen LogP contribution in [0.3, 0.4) is 0 Å². The molecule has 0 unspecified atom stereocenters. The van der Waals surface area contributed by atoms with Crippen molar-refractivity contribution in [1.82, 2.24) is 34.3 Å². The summed E-state index contributed by atoms with van der Waals surface area (Å²) in [5, 5.41) is 21.6. The van der Waals surface area contributed by atoms with Crippen molar-refractivity contribution in [1.29, 1.82) is 5.26 Å². The number of aromatic nitrogens is 4. The third-order valence-corrected chi connectivity index (χ3v) is 13.9. The maximum absolute atomic E-state index is 13.8. The van der Waals surface area contributed by atoms with Crippen LogP contribution in [-0.2, 0) is 21.9 Å². The van der Waals surface area contributed by atoms with Crippen molar-refractivity contribution in [2.45, 2.75) is 61.8 Å². The number of imide groups is 1. The standard InChI is InChI=1S/C39H46ClN11O4S/c1-47-35-20-28(3-5-33(35)37(46-47)51-19-12-36(52)45-39(51)53)27-8-13-48(14-9-27)25-26-6-15-49(16-7-26)34-21-32(4-2-29(34)22-41)56(54,55)50-17-10-31(11-18-50)44-38-42-23-30(40)24-43-38/h2-5,20-21,23-24,26-27,31H,6-19,25H2,1H3,(H,42,43,44)(H,45,52,53). The average Bonchev–Trinajstić information content (AvgIpc) is 3.54. The van der Waals surface area contributed by atoms with Gasteiger partial charge in [-0.3, -0.25) is 19.7 Å². The lowest BCUT2D eigenvalue weighted by Gasteiger charge is -2.39. The van der Waals surface area contributed by atoms with Gasteiger partial charge in [-0.15, -0.1) is 0 Å². The van der Waals surface area contributed by atoms with Crippen molar-refractivity contribution >= 4 is 61.9 Å². The number of urea groups is 1. The summed E-state index contributed by atoms with van der Waals surface area (Å²) in [7, 11) is -1.85. The van der Waals surface area contributed by atoms with Gasteiger partial charge in [0.2, 0.25) is 21.9 Å². The Morgan fingerprint density at radius 2 is 1.66 bits per heavy atom. The maximum atomic E-state index is 13.8. The molecule has 8 rings (SSSR count). The number of piperidine rings is 3. The van der Waals surface area contributed by atoms with Crippen LogP contribution in [0.2, 0.25) is 5.02 Å². The van der Waals surface area contributed by atoms with Gasteiger partial charge in [-0.1, -0.05) is 17.7 Å². The minimum atomic E-state index is -3.74. The number of nitrogens with zero attached hydrogens (tertiary/aromatic N) is 9.